The largest absolute Gasteiger partial charge is 1.00 e. The number of unbranched alkanes of at least 4 members (excludes halogenated alkanes) is 10. The number of hydrogen-bond acceptors (Lipinski definition) is 4. The van der Waals surface area contributed by atoms with Crippen molar-refractivity contribution in [2.24, 2.45) is 0 Å². The Bertz CT molecular complexity index is 885. The molecule has 0 aliphatic rings. The zero-order chi connectivity index (χ0) is 22.5. The van der Waals surface area contributed by atoms with Gasteiger partial charge in [0.2, 0.25) is 0 Å². The molecule has 0 aromatic heterocycles. The number of benzene rings is 2. The van der Waals surface area contributed by atoms with Crippen LogP contribution in [0.25, 0.3) is 0 Å². The van der Waals surface area contributed by atoms with E-state index in [2.05, 4.69) is 6.92 Å². The minimum Gasteiger partial charge on any atom is -0.869 e. The fourth-order valence-electron chi connectivity index (χ4n) is 3.65. The summed E-state index contributed by atoms with van der Waals surface area (Å²) >= 11 is 0. The Balaban J connectivity index is 0.00000512. The molecule has 5 nitrogen and oxygen atoms in total. The minimum atomic E-state index is -4.62. The number of ether oxygens (including phenoxy) is 1. The predicted molar refractivity (Wildman–Crippen MR) is 122 cm³/mol. The summed E-state index contributed by atoms with van der Waals surface area (Å²) in [5.74, 6) is -0.471. The maximum absolute atomic E-state index is 12.5. The first-order chi connectivity index (χ1) is 14.9. The molecule has 2 rings (SSSR count). The average Bonchev–Trinajstić information content (AvgIpc) is 2.74. The maximum Gasteiger partial charge on any atom is 1.00 e. The third-order valence-electron chi connectivity index (χ3n) is 5.40. The van der Waals surface area contributed by atoms with Crippen LogP contribution in [0.2, 0.25) is 0 Å². The van der Waals surface area contributed by atoms with Gasteiger partial charge in [-0.15, -0.1) is 0 Å². The van der Waals surface area contributed by atoms with Crippen molar-refractivity contribution in [1.82, 2.24) is 0 Å². The summed E-state index contributed by atoms with van der Waals surface area (Å²) in [6.45, 7) is 2.23. The van der Waals surface area contributed by atoms with Gasteiger partial charge in [0, 0.05) is 0 Å². The zero-order valence-corrected chi connectivity index (χ0v) is 23.5. The van der Waals surface area contributed by atoms with Gasteiger partial charge in [-0.3, -0.25) is 4.55 Å². The van der Waals surface area contributed by atoms with E-state index in [9.17, 15) is 18.1 Å². The molecule has 32 heavy (non-hydrogen) atoms. The Hall–Kier alpha value is -0.414. The van der Waals surface area contributed by atoms with E-state index >= 15 is 0 Å². The van der Waals surface area contributed by atoms with Gasteiger partial charge in [0.05, 0.1) is 4.90 Å². The van der Waals surface area contributed by atoms with Gasteiger partial charge in [-0.25, -0.2) is 0 Å². The van der Waals surface area contributed by atoms with E-state index in [1.165, 1.54) is 57.4 Å². The summed E-state index contributed by atoms with van der Waals surface area (Å²) < 4.78 is 38.4. The number of aryl methyl sites for hydroxylation is 1. The molecule has 0 aliphatic heterocycles. The molecule has 0 atom stereocenters. The second-order valence-electron chi connectivity index (χ2n) is 8.10. The van der Waals surface area contributed by atoms with Crippen LogP contribution < -0.4 is 61.2 Å². The van der Waals surface area contributed by atoms with E-state index in [1.807, 2.05) is 6.07 Å². The molecule has 7 heteroatoms. The molecule has 0 heterocycles. The molecular formula is C25H35KO5S. The van der Waals surface area contributed by atoms with Crippen LogP contribution in [0.5, 0.6) is 17.2 Å². The van der Waals surface area contributed by atoms with Crippen LogP contribution >= 0.6 is 0 Å². The van der Waals surface area contributed by atoms with Gasteiger partial charge in [0.25, 0.3) is 10.1 Å². The van der Waals surface area contributed by atoms with E-state index < -0.39 is 20.8 Å². The number of rotatable bonds is 15. The fourth-order valence-corrected chi connectivity index (χ4v) is 4.29. The summed E-state index contributed by atoms with van der Waals surface area (Å²) in [5, 5.41) is 12.5. The predicted octanol–water partition coefficient (Wildman–Crippen LogP) is 3.66. The monoisotopic (exact) mass is 486 g/mol. The fraction of sp³-hybridized carbons (Fsp3) is 0.520. The summed E-state index contributed by atoms with van der Waals surface area (Å²) in [7, 11) is -4.62. The van der Waals surface area contributed by atoms with Crippen molar-refractivity contribution >= 4 is 10.1 Å². The van der Waals surface area contributed by atoms with E-state index in [4.69, 9.17) is 4.74 Å². The Labute approximate surface area is 236 Å². The first-order valence-electron chi connectivity index (χ1n) is 11.5. The molecule has 1 N–H and O–H groups in total. The van der Waals surface area contributed by atoms with Crippen LogP contribution in [-0.2, 0) is 16.5 Å². The van der Waals surface area contributed by atoms with Crippen molar-refractivity contribution < 1.29 is 74.2 Å². The molecule has 172 valence electrons. The molecular weight excluding hydrogens is 451 g/mol. The van der Waals surface area contributed by atoms with Crippen molar-refractivity contribution in [3.05, 3.63) is 48.0 Å². The first kappa shape index (κ1) is 29.6. The quantitative estimate of drug-likeness (QED) is 0.236. The summed E-state index contributed by atoms with van der Waals surface area (Å²) in [6, 6.07) is 11.6. The van der Waals surface area contributed by atoms with Crippen molar-refractivity contribution in [1.29, 1.82) is 0 Å². The molecule has 0 amide bonds. The van der Waals surface area contributed by atoms with Gasteiger partial charge in [0.15, 0.2) is 0 Å². The van der Waals surface area contributed by atoms with Crippen LogP contribution in [0.15, 0.2) is 47.4 Å². The average molecular weight is 487 g/mol. The maximum atomic E-state index is 12.5. The molecule has 0 radical (unpaired) electrons. The molecule has 0 saturated heterocycles. The van der Waals surface area contributed by atoms with Gasteiger partial charge in [-0.2, -0.15) is 8.42 Å². The standard InChI is InChI=1S/C25H36O5S.K/c1-2-3-4-5-6-7-8-9-10-11-13-16-21-19-23(30-22-17-14-12-15-18-22)25(26)24(20-21)31(27,28)29;/h12,14-15,17-20,26H,2-11,13,16H2,1H3,(H,27,28,29);/q;+1/p-1. The Morgan fingerprint density at radius 1 is 0.844 bits per heavy atom. The molecule has 0 spiro atoms. The molecule has 2 aromatic rings. The molecule has 0 fully saturated rings. The second kappa shape index (κ2) is 16.3. The van der Waals surface area contributed by atoms with Crippen LogP contribution in [0.3, 0.4) is 0 Å². The normalized spacial score (nSPS) is 11.2. The number of para-hydroxylation sites is 1. The molecule has 0 saturated carbocycles. The Morgan fingerprint density at radius 3 is 1.91 bits per heavy atom. The molecule has 0 aliphatic carbocycles. The second-order valence-corrected chi connectivity index (χ2v) is 9.49. The minimum absolute atomic E-state index is 0. The van der Waals surface area contributed by atoms with E-state index in [-0.39, 0.29) is 57.1 Å². The third kappa shape index (κ3) is 11.1. The van der Waals surface area contributed by atoms with E-state index in [0.717, 1.165) is 19.3 Å². The van der Waals surface area contributed by atoms with Crippen molar-refractivity contribution in [3.8, 4) is 17.2 Å². The van der Waals surface area contributed by atoms with Gasteiger partial charge >= 0.3 is 51.4 Å². The van der Waals surface area contributed by atoms with Crippen LogP contribution in [0.1, 0.15) is 83.1 Å². The first-order valence-corrected chi connectivity index (χ1v) is 12.9. The van der Waals surface area contributed by atoms with Gasteiger partial charge in [0.1, 0.15) is 11.5 Å². The topological polar surface area (TPSA) is 86.7 Å². The van der Waals surface area contributed by atoms with Gasteiger partial charge in [-0.05, 0) is 48.4 Å². The summed E-state index contributed by atoms with van der Waals surface area (Å²) in [6.07, 6.45) is 14.1. The summed E-state index contributed by atoms with van der Waals surface area (Å²) in [4.78, 5) is -0.626. The van der Waals surface area contributed by atoms with Crippen molar-refractivity contribution in [2.45, 2.75) is 88.9 Å². The molecule has 0 unspecified atom stereocenters. The zero-order valence-electron chi connectivity index (χ0n) is 19.5. The molecule has 2 aromatic carbocycles. The van der Waals surface area contributed by atoms with Crippen LogP contribution in [0, 0.1) is 0 Å². The smallest absolute Gasteiger partial charge is 0.869 e. The SMILES string of the molecule is CCCCCCCCCCCCCc1cc(Oc2ccccc2)c([O-])c(S(=O)(=O)O)c1.[K+]. The van der Waals surface area contributed by atoms with Crippen molar-refractivity contribution in [3.63, 3.8) is 0 Å². The van der Waals surface area contributed by atoms with Gasteiger partial charge in [-0.1, -0.05) is 89.3 Å². The number of hydrogen-bond donors (Lipinski definition) is 1. The van der Waals surface area contributed by atoms with Crippen molar-refractivity contribution in [2.75, 3.05) is 0 Å². The van der Waals surface area contributed by atoms with E-state index in [0.29, 0.717) is 17.7 Å². The third-order valence-corrected chi connectivity index (χ3v) is 6.26. The van der Waals surface area contributed by atoms with Crippen LogP contribution in [-0.4, -0.2) is 13.0 Å². The van der Waals surface area contributed by atoms with E-state index in [1.54, 1.807) is 30.3 Å². The van der Waals surface area contributed by atoms with Crippen LogP contribution in [0.4, 0.5) is 0 Å². The van der Waals surface area contributed by atoms with Gasteiger partial charge < -0.3 is 9.84 Å². The Morgan fingerprint density at radius 2 is 1.38 bits per heavy atom. The summed E-state index contributed by atoms with van der Waals surface area (Å²) in [5.41, 5.74) is 0.675. The Kier molecular flexibility index (Phi) is 15.0. The molecule has 0 bridgehead atoms.